The van der Waals surface area contributed by atoms with Crippen LogP contribution in [0.5, 0.6) is 0 Å². The van der Waals surface area contributed by atoms with Crippen LogP contribution in [0.25, 0.3) is 44.6 Å². The number of anilines is 4. The molecule has 2 fully saturated rings. The second kappa shape index (κ2) is 15.6. The number of carbonyl (C=O) groups excluding carboxylic acids is 2. The van der Waals surface area contributed by atoms with Crippen molar-refractivity contribution in [2.45, 2.75) is 77.8 Å². The molecule has 60 heavy (non-hydrogen) atoms. The number of aliphatic hydroxyl groups is 2. The standard InChI is InChI=1S/C44H48Cl2N8O6/c1-20-25(18-55)8-10-43(20,4)53-39-36(38(46)50-41(47)51-39)34-17-29-28(12-27(22(3)58)16-32(29)60-34)13-30-26(19-56)9-11-44(30,5)54-40-35(37(45)49-42(48)52-40)33-15-24-7-6-23(21(2)57)14-31(24)59-33/h6-7,12,14-17,20,25-26,30,55-56H,8-11,13,18-19H2,1-5H3,(H3,47,50,51,53)(H3,48,49,52,54). The van der Waals surface area contributed by atoms with Crippen LogP contribution in [0.2, 0.25) is 10.3 Å². The molecule has 314 valence electrons. The first kappa shape index (κ1) is 41.5. The van der Waals surface area contributed by atoms with Crippen LogP contribution in [0.4, 0.5) is 23.5 Å². The molecular formula is C44H48Cl2N8O6. The fourth-order valence-corrected chi connectivity index (χ4v) is 9.98. The second-order valence-corrected chi connectivity index (χ2v) is 17.7. The van der Waals surface area contributed by atoms with Gasteiger partial charge in [0.2, 0.25) is 11.9 Å². The number of nitrogen functional groups attached to an aromatic ring is 2. The van der Waals surface area contributed by atoms with Crippen molar-refractivity contribution >= 4 is 80.2 Å². The molecule has 16 heteroatoms. The number of aliphatic hydroxyl groups excluding tert-OH is 2. The van der Waals surface area contributed by atoms with Crippen LogP contribution in [0, 0.1) is 23.7 Å². The summed E-state index contributed by atoms with van der Waals surface area (Å²) < 4.78 is 12.8. The first-order chi connectivity index (χ1) is 28.5. The molecule has 4 aromatic heterocycles. The predicted molar refractivity (Wildman–Crippen MR) is 233 cm³/mol. The SMILES string of the molecule is CC(=O)c1ccc2cc(-c3c(Cl)nc(N)nc3NC3(C)CCC(CO)C3Cc3cc(C(C)=O)cc4oc(-c5c(Cl)nc(N)nc5NC5(C)CCC(CO)C5C)cc34)oc2c1. The van der Waals surface area contributed by atoms with Gasteiger partial charge in [-0.05, 0) is 119 Å². The number of aromatic nitrogens is 4. The summed E-state index contributed by atoms with van der Waals surface area (Å²) in [6.07, 6.45) is 3.42. The summed E-state index contributed by atoms with van der Waals surface area (Å²) in [6.45, 7) is 9.29. The van der Waals surface area contributed by atoms with Gasteiger partial charge in [0.1, 0.15) is 44.6 Å². The van der Waals surface area contributed by atoms with Crippen molar-refractivity contribution in [2.24, 2.45) is 23.7 Å². The monoisotopic (exact) mass is 854 g/mol. The first-order valence-corrected chi connectivity index (χ1v) is 20.8. The lowest BCUT2D eigenvalue weighted by Crippen LogP contribution is -2.42. The van der Waals surface area contributed by atoms with Gasteiger partial charge in [0.15, 0.2) is 11.6 Å². The molecule has 2 aliphatic rings. The van der Waals surface area contributed by atoms with Gasteiger partial charge in [-0.25, -0.2) is 9.97 Å². The summed E-state index contributed by atoms with van der Waals surface area (Å²) >= 11 is 13.6. The van der Waals surface area contributed by atoms with E-state index in [9.17, 15) is 19.8 Å². The molecule has 2 aliphatic carbocycles. The van der Waals surface area contributed by atoms with Crippen LogP contribution in [-0.2, 0) is 6.42 Å². The molecule has 0 radical (unpaired) electrons. The van der Waals surface area contributed by atoms with Gasteiger partial charge in [0.05, 0.1) is 11.1 Å². The number of rotatable bonds is 12. The Bertz CT molecular complexity index is 2680. The van der Waals surface area contributed by atoms with Gasteiger partial charge >= 0.3 is 0 Å². The van der Waals surface area contributed by atoms with Crippen LogP contribution < -0.4 is 22.1 Å². The molecule has 0 amide bonds. The van der Waals surface area contributed by atoms with Gasteiger partial charge in [0, 0.05) is 46.2 Å². The van der Waals surface area contributed by atoms with Gasteiger partial charge < -0.3 is 41.1 Å². The van der Waals surface area contributed by atoms with Gasteiger partial charge in [-0.1, -0.05) is 42.3 Å². The van der Waals surface area contributed by atoms with Crippen molar-refractivity contribution in [3.05, 3.63) is 69.5 Å². The molecular weight excluding hydrogens is 807 g/mol. The third-order valence-electron chi connectivity index (χ3n) is 13.2. The Morgan fingerprint density at radius 3 is 1.92 bits per heavy atom. The zero-order chi connectivity index (χ0) is 42.8. The highest BCUT2D eigenvalue weighted by Crippen LogP contribution is 2.49. The van der Waals surface area contributed by atoms with Gasteiger partial charge in [-0.15, -0.1) is 0 Å². The van der Waals surface area contributed by atoms with E-state index in [1.54, 1.807) is 18.2 Å². The fourth-order valence-electron chi connectivity index (χ4n) is 9.44. The van der Waals surface area contributed by atoms with Crippen LogP contribution in [0.15, 0.2) is 51.3 Å². The second-order valence-electron chi connectivity index (χ2n) is 17.0. The van der Waals surface area contributed by atoms with Crippen LogP contribution in [-0.4, -0.2) is 66.0 Å². The van der Waals surface area contributed by atoms with Crippen molar-refractivity contribution in [1.82, 2.24) is 19.9 Å². The normalized spacial score (nSPS) is 24.1. The Morgan fingerprint density at radius 1 is 0.767 bits per heavy atom. The molecule has 6 aromatic rings. The lowest BCUT2D eigenvalue weighted by atomic mass is 9.79. The van der Waals surface area contributed by atoms with E-state index in [1.807, 2.05) is 24.3 Å². The van der Waals surface area contributed by atoms with Crippen LogP contribution in [0.3, 0.4) is 0 Å². The molecule has 0 saturated heterocycles. The van der Waals surface area contributed by atoms with Crippen molar-refractivity contribution in [1.29, 1.82) is 0 Å². The highest BCUT2D eigenvalue weighted by Gasteiger charge is 2.46. The number of carbonyl (C=O) groups is 2. The number of nitrogens with one attached hydrogen (secondary N) is 2. The molecule has 14 nitrogen and oxygen atoms in total. The Labute approximate surface area is 356 Å². The minimum Gasteiger partial charge on any atom is -0.456 e. The highest BCUT2D eigenvalue weighted by molar-refractivity contribution is 6.33. The number of ketones is 2. The number of fused-ring (bicyclic) bond motifs is 2. The molecule has 6 unspecified atom stereocenters. The van der Waals surface area contributed by atoms with E-state index in [1.165, 1.54) is 13.8 Å². The van der Waals surface area contributed by atoms with E-state index in [0.29, 0.717) is 75.8 Å². The van der Waals surface area contributed by atoms with E-state index >= 15 is 0 Å². The summed E-state index contributed by atoms with van der Waals surface area (Å²) in [7, 11) is 0. The van der Waals surface area contributed by atoms with E-state index in [2.05, 4.69) is 51.3 Å². The van der Waals surface area contributed by atoms with Crippen LogP contribution in [0.1, 0.15) is 86.6 Å². The summed E-state index contributed by atoms with van der Waals surface area (Å²) in [6, 6.07) is 12.5. The van der Waals surface area contributed by atoms with Crippen molar-refractivity contribution in [2.75, 3.05) is 35.3 Å². The van der Waals surface area contributed by atoms with Gasteiger partial charge in [-0.2, -0.15) is 9.97 Å². The minimum absolute atomic E-state index is 0.00438. The smallest absolute Gasteiger partial charge is 0.223 e. The number of benzene rings is 2. The van der Waals surface area contributed by atoms with E-state index in [-0.39, 0.29) is 70.7 Å². The molecule has 6 atom stereocenters. The molecule has 8 rings (SSSR count). The topological polar surface area (TPSA) is 229 Å². The quantitative estimate of drug-likeness (QED) is 0.0500. The largest absolute Gasteiger partial charge is 0.456 e. The molecule has 0 bridgehead atoms. The Kier molecular flexibility index (Phi) is 10.8. The summed E-state index contributed by atoms with van der Waals surface area (Å²) in [5.41, 5.74) is 14.8. The zero-order valence-electron chi connectivity index (χ0n) is 34.0. The lowest BCUT2D eigenvalue weighted by molar-refractivity contribution is 0.100. The Morgan fingerprint density at radius 2 is 1.32 bits per heavy atom. The van der Waals surface area contributed by atoms with E-state index in [0.717, 1.165) is 29.2 Å². The van der Waals surface area contributed by atoms with Crippen LogP contribution >= 0.6 is 23.2 Å². The number of hydrogen-bond donors (Lipinski definition) is 6. The lowest BCUT2D eigenvalue weighted by Gasteiger charge is -2.36. The minimum atomic E-state index is -0.684. The van der Waals surface area contributed by atoms with Crippen molar-refractivity contribution < 1.29 is 28.6 Å². The molecule has 2 aromatic carbocycles. The molecule has 4 heterocycles. The number of hydrogen-bond acceptors (Lipinski definition) is 14. The fraction of sp³-hybridized carbons (Fsp3) is 0.409. The third-order valence-corrected chi connectivity index (χ3v) is 13.7. The summed E-state index contributed by atoms with van der Waals surface area (Å²) in [5.74, 6) is 1.17. The zero-order valence-corrected chi connectivity index (χ0v) is 35.5. The number of nitrogens with zero attached hydrogens (tertiary/aromatic N) is 4. The van der Waals surface area contributed by atoms with Crippen molar-refractivity contribution in [3.8, 4) is 22.6 Å². The highest BCUT2D eigenvalue weighted by atomic mass is 35.5. The first-order valence-electron chi connectivity index (χ1n) is 20.1. The maximum Gasteiger partial charge on any atom is 0.223 e. The average Bonchev–Trinajstić information content (AvgIpc) is 3.94. The molecule has 0 spiro atoms. The number of halogens is 2. The number of Topliss-reactive ketones (excluding diaryl/α,β-unsaturated/α-hetero) is 2. The van der Waals surface area contributed by atoms with Crippen molar-refractivity contribution in [3.63, 3.8) is 0 Å². The summed E-state index contributed by atoms with van der Waals surface area (Å²) in [4.78, 5) is 42.8. The third kappa shape index (κ3) is 7.44. The predicted octanol–water partition coefficient (Wildman–Crippen LogP) is 8.61. The molecule has 8 N–H and O–H groups in total. The maximum atomic E-state index is 13.0. The maximum absolute atomic E-state index is 13.0. The Hall–Kier alpha value is -5.28. The average molecular weight is 856 g/mol. The van der Waals surface area contributed by atoms with E-state index < -0.39 is 11.1 Å². The summed E-state index contributed by atoms with van der Waals surface area (Å²) in [5, 5.41) is 29.7. The van der Waals surface area contributed by atoms with E-state index in [4.69, 9.17) is 43.5 Å². The number of nitrogens with two attached hydrogens (primary N) is 2. The van der Waals surface area contributed by atoms with Gasteiger partial charge in [-0.3, -0.25) is 9.59 Å². The molecule has 0 aliphatic heterocycles. The van der Waals surface area contributed by atoms with Gasteiger partial charge in [0.25, 0.3) is 0 Å². The number of furan rings is 2. The molecule has 2 saturated carbocycles. The Balaban J connectivity index is 1.19.